The van der Waals surface area contributed by atoms with E-state index in [1.165, 1.54) is 22.3 Å². The second-order valence-corrected chi connectivity index (χ2v) is 6.99. The molecule has 0 aliphatic rings. The number of carbonyl (C=O) groups is 1. The summed E-state index contributed by atoms with van der Waals surface area (Å²) in [5.74, 6) is 0. The van der Waals surface area contributed by atoms with Gasteiger partial charge in [-0.3, -0.25) is 0 Å². The van der Waals surface area contributed by atoms with Crippen molar-refractivity contribution >= 4 is 6.09 Å². The molecule has 4 heteroatoms. The van der Waals surface area contributed by atoms with Crippen molar-refractivity contribution in [3.63, 3.8) is 0 Å². The Kier molecular flexibility index (Phi) is 6.42. The first-order valence-corrected chi connectivity index (χ1v) is 7.88. The molecule has 4 nitrogen and oxygen atoms in total. The fourth-order valence-corrected chi connectivity index (χ4v) is 2.65. The average Bonchev–Trinajstić information content (AvgIpc) is 2.33. The van der Waals surface area contributed by atoms with Crippen LogP contribution in [-0.2, 0) is 11.2 Å². The van der Waals surface area contributed by atoms with Gasteiger partial charge in [-0.2, -0.15) is 0 Å². The van der Waals surface area contributed by atoms with Crippen molar-refractivity contribution in [2.45, 2.75) is 66.0 Å². The van der Waals surface area contributed by atoms with Crippen molar-refractivity contribution in [2.75, 3.05) is 6.54 Å². The standard InChI is InChI=1S/C18H30N2O2/c1-12-9-13(2)16(14(3)10-12)8-7-15(11-19)20-17(21)22-18(4,5)6/h9-10,15H,7-8,11,19H2,1-6H3,(H,20,21). The van der Waals surface area contributed by atoms with Gasteiger partial charge in [0, 0.05) is 12.6 Å². The van der Waals surface area contributed by atoms with Crippen molar-refractivity contribution < 1.29 is 9.53 Å². The van der Waals surface area contributed by atoms with Crippen molar-refractivity contribution in [3.05, 3.63) is 34.4 Å². The van der Waals surface area contributed by atoms with E-state index >= 15 is 0 Å². The Morgan fingerprint density at radius 3 is 2.23 bits per heavy atom. The molecule has 1 unspecified atom stereocenters. The van der Waals surface area contributed by atoms with E-state index < -0.39 is 11.7 Å². The zero-order chi connectivity index (χ0) is 16.9. The number of carbonyl (C=O) groups excluding carboxylic acids is 1. The fourth-order valence-electron chi connectivity index (χ4n) is 2.65. The maximum atomic E-state index is 11.8. The van der Waals surface area contributed by atoms with Crippen LogP contribution in [0.15, 0.2) is 12.1 Å². The van der Waals surface area contributed by atoms with Gasteiger partial charge in [-0.1, -0.05) is 17.7 Å². The minimum Gasteiger partial charge on any atom is -0.444 e. The minimum absolute atomic E-state index is 0.0741. The van der Waals surface area contributed by atoms with Crippen LogP contribution in [0.3, 0.4) is 0 Å². The molecule has 1 aromatic carbocycles. The Morgan fingerprint density at radius 1 is 1.23 bits per heavy atom. The van der Waals surface area contributed by atoms with Crippen LogP contribution < -0.4 is 11.1 Å². The summed E-state index contributed by atoms with van der Waals surface area (Å²) in [6.45, 7) is 12.3. The average molecular weight is 306 g/mol. The monoisotopic (exact) mass is 306 g/mol. The number of hydrogen-bond acceptors (Lipinski definition) is 3. The number of aryl methyl sites for hydroxylation is 3. The van der Waals surface area contributed by atoms with E-state index in [0.29, 0.717) is 6.54 Å². The molecule has 0 radical (unpaired) electrons. The zero-order valence-corrected chi connectivity index (χ0v) is 14.7. The molecule has 0 aromatic heterocycles. The fraction of sp³-hybridized carbons (Fsp3) is 0.611. The number of benzene rings is 1. The van der Waals surface area contributed by atoms with Crippen LogP contribution in [0.2, 0.25) is 0 Å². The molecule has 1 atom stereocenters. The van der Waals surface area contributed by atoms with E-state index in [4.69, 9.17) is 10.5 Å². The second-order valence-electron chi connectivity index (χ2n) is 6.99. The van der Waals surface area contributed by atoms with Gasteiger partial charge >= 0.3 is 6.09 Å². The van der Waals surface area contributed by atoms with Gasteiger partial charge in [0.05, 0.1) is 0 Å². The van der Waals surface area contributed by atoms with Crippen LogP contribution in [0.25, 0.3) is 0 Å². The van der Waals surface area contributed by atoms with E-state index in [2.05, 4.69) is 38.2 Å². The van der Waals surface area contributed by atoms with E-state index in [0.717, 1.165) is 12.8 Å². The lowest BCUT2D eigenvalue weighted by Gasteiger charge is -2.23. The Bertz CT molecular complexity index is 495. The minimum atomic E-state index is -0.493. The summed E-state index contributed by atoms with van der Waals surface area (Å²) in [6, 6.07) is 4.32. The third-order valence-corrected chi connectivity index (χ3v) is 3.59. The zero-order valence-electron chi connectivity index (χ0n) is 14.7. The largest absolute Gasteiger partial charge is 0.444 e. The molecule has 22 heavy (non-hydrogen) atoms. The molecule has 0 spiro atoms. The Morgan fingerprint density at radius 2 is 1.77 bits per heavy atom. The molecule has 0 saturated heterocycles. The molecular formula is C18H30N2O2. The predicted octanol–water partition coefficient (Wildman–Crippen LogP) is 3.40. The van der Waals surface area contributed by atoms with E-state index in [1.54, 1.807) is 0 Å². The van der Waals surface area contributed by atoms with Gasteiger partial charge in [-0.05, 0) is 71.1 Å². The van der Waals surface area contributed by atoms with Gasteiger partial charge in [0.15, 0.2) is 0 Å². The number of amides is 1. The van der Waals surface area contributed by atoms with Crippen molar-refractivity contribution in [3.8, 4) is 0 Å². The maximum Gasteiger partial charge on any atom is 0.407 e. The molecule has 1 amide bonds. The molecule has 0 bridgehead atoms. The quantitative estimate of drug-likeness (QED) is 0.876. The molecule has 124 valence electrons. The molecule has 0 aliphatic heterocycles. The van der Waals surface area contributed by atoms with Gasteiger partial charge in [0.25, 0.3) is 0 Å². The number of hydrogen-bond donors (Lipinski definition) is 2. The van der Waals surface area contributed by atoms with Crippen LogP contribution >= 0.6 is 0 Å². The lowest BCUT2D eigenvalue weighted by molar-refractivity contribution is 0.0503. The molecule has 1 rings (SSSR count). The molecule has 1 aromatic rings. The normalized spacial score (nSPS) is 12.9. The molecule has 0 heterocycles. The SMILES string of the molecule is Cc1cc(C)c(CCC(CN)NC(=O)OC(C)(C)C)c(C)c1. The summed E-state index contributed by atoms with van der Waals surface area (Å²) in [4.78, 5) is 11.8. The first kappa shape index (κ1) is 18.5. The van der Waals surface area contributed by atoms with Crippen LogP contribution in [-0.4, -0.2) is 24.3 Å². The smallest absolute Gasteiger partial charge is 0.407 e. The highest BCUT2D eigenvalue weighted by Gasteiger charge is 2.19. The lowest BCUT2D eigenvalue weighted by atomic mass is 9.94. The molecule has 3 N–H and O–H groups in total. The third-order valence-electron chi connectivity index (χ3n) is 3.59. The van der Waals surface area contributed by atoms with Crippen LogP contribution in [0, 0.1) is 20.8 Å². The Labute approximate surface area is 134 Å². The van der Waals surface area contributed by atoms with Gasteiger partial charge in [-0.15, -0.1) is 0 Å². The summed E-state index contributed by atoms with van der Waals surface area (Å²) in [5, 5.41) is 2.86. The van der Waals surface area contributed by atoms with Crippen LogP contribution in [0.1, 0.15) is 49.4 Å². The highest BCUT2D eigenvalue weighted by molar-refractivity contribution is 5.68. The summed E-state index contributed by atoms with van der Waals surface area (Å²) < 4.78 is 5.28. The van der Waals surface area contributed by atoms with E-state index in [9.17, 15) is 4.79 Å². The van der Waals surface area contributed by atoms with Crippen molar-refractivity contribution in [1.82, 2.24) is 5.32 Å². The first-order valence-electron chi connectivity index (χ1n) is 7.88. The van der Waals surface area contributed by atoms with Gasteiger partial charge in [0.1, 0.15) is 5.60 Å². The van der Waals surface area contributed by atoms with Gasteiger partial charge in [-0.25, -0.2) is 4.79 Å². The number of nitrogens with one attached hydrogen (secondary N) is 1. The van der Waals surface area contributed by atoms with Gasteiger partial charge in [0.2, 0.25) is 0 Å². The third kappa shape index (κ3) is 6.06. The number of alkyl carbamates (subject to hydrolysis) is 1. The highest BCUT2D eigenvalue weighted by Crippen LogP contribution is 2.18. The first-order chi connectivity index (χ1) is 10.1. The second kappa shape index (κ2) is 7.63. The maximum absolute atomic E-state index is 11.8. The van der Waals surface area contributed by atoms with Crippen molar-refractivity contribution in [2.24, 2.45) is 5.73 Å². The van der Waals surface area contributed by atoms with Crippen LogP contribution in [0.5, 0.6) is 0 Å². The summed E-state index contributed by atoms with van der Waals surface area (Å²) in [6.07, 6.45) is 1.30. The lowest BCUT2D eigenvalue weighted by Crippen LogP contribution is -2.43. The Hall–Kier alpha value is -1.55. The topological polar surface area (TPSA) is 64.3 Å². The highest BCUT2D eigenvalue weighted by atomic mass is 16.6. The number of ether oxygens (including phenoxy) is 1. The van der Waals surface area contributed by atoms with Gasteiger partial charge < -0.3 is 15.8 Å². The van der Waals surface area contributed by atoms with E-state index in [-0.39, 0.29) is 6.04 Å². The summed E-state index contributed by atoms with van der Waals surface area (Å²) in [7, 11) is 0. The molecule has 0 saturated carbocycles. The molecular weight excluding hydrogens is 276 g/mol. The van der Waals surface area contributed by atoms with E-state index in [1.807, 2.05) is 20.8 Å². The summed E-state index contributed by atoms with van der Waals surface area (Å²) >= 11 is 0. The van der Waals surface area contributed by atoms with Crippen LogP contribution in [0.4, 0.5) is 4.79 Å². The number of rotatable bonds is 5. The summed E-state index contributed by atoms with van der Waals surface area (Å²) in [5.41, 5.74) is 10.5. The predicted molar refractivity (Wildman–Crippen MR) is 91.2 cm³/mol. The Balaban J connectivity index is 2.63. The van der Waals surface area contributed by atoms with Crippen molar-refractivity contribution in [1.29, 1.82) is 0 Å². The molecule has 0 fully saturated rings. The number of nitrogens with two attached hydrogens (primary N) is 1. The molecule has 0 aliphatic carbocycles.